The summed E-state index contributed by atoms with van der Waals surface area (Å²) in [6, 6.07) is 22.2. The Bertz CT molecular complexity index is 1550. The van der Waals surface area contributed by atoms with Gasteiger partial charge in [-0.25, -0.2) is 22.8 Å². The van der Waals surface area contributed by atoms with Gasteiger partial charge in [0, 0.05) is 5.02 Å². The molecule has 5 rings (SSSR count). The predicted octanol–water partition coefficient (Wildman–Crippen LogP) is 4.83. The number of halogens is 1. The monoisotopic (exact) mass is 523 g/mol. The van der Waals surface area contributed by atoms with Crippen LogP contribution in [-0.4, -0.2) is 40.3 Å². The maximum atomic E-state index is 13.3. The van der Waals surface area contributed by atoms with Gasteiger partial charge in [-0.15, -0.1) is 5.10 Å². The lowest BCUT2D eigenvalue weighted by atomic mass is 9.97. The van der Waals surface area contributed by atoms with Gasteiger partial charge in [0.2, 0.25) is 10.0 Å². The van der Waals surface area contributed by atoms with Crippen molar-refractivity contribution in [3.63, 3.8) is 0 Å². The van der Waals surface area contributed by atoms with Gasteiger partial charge in [-0.2, -0.15) is 0 Å². The van der Waals surface area contributed by atoms with Crippen molar-refractivity contribution in [3.05, 3.63) is 88.9 Å². The summed E-state index contributed by atoms with van der Waals surface area (Å²) >= 11 is 6.28. The van der Waals surface area contributed by atoms with E-state index < -0.39 is 20.9 Å². The van der Waals surface area contributed by atoms with Crippen LogP contribution >= 0.6 is 11.6 Å². The van der Waals surface area contributed by atoms with Crippen molar-refractivity contribution in [2.75, 3.05) is 0 Å². The van der Waals surface area contributed by atoms with Crippen LogP contribution in [0.5, 0.6) is 0 Å². The van der Waals surface area contributed by atoms with Gasteiger partial charge in [-0.3, -0.25) is 0 Å². The fourth-order valence-electron chi connectivity index (χ4n) is 4.42. The predicted molar refractivity (Wildman–Crippen MR) is 141 cm³/mol. The molecule has 1 aromatic heterocycles. The van der Waals surface area contributed by atoms with Gasteiger partial charge in [0.25, 0.3) is 6.02 Å². The number of ether oxygens (including phenoxy) is 1. The molecule has 1 aliphatic heterocycles. The van der Waals surface area contributed by atoms with E-state index in [2.05, 4.69) is 20.0 Å². The van der Waals surface area contributed by atoms with Gasteiger partial charge in [-0.05, 0) is 68.7 Å². The van der Waals surface area contributed by atoms with Crippen LogP contribution in [0.3, 0.4) is 0 Å². The van der Waals surface area contributed by atoms with E-state index in [1.807, 2.05) is 73.7 Å². The van der Waals surface area contributed by atoms with Crippen LogP contribution in [0, 0.1) is 0 Å². The zero-order valence-corrected chi connectivity index (χ0v) is 21.7. The van der Waals surface area contributed by atoms with Crippen LogP contribution in [0.15, 0.2) is 77.8 Å². The Hall–Kier alpha value is -3.43. The lowest BCUT2D eigenvalue weighted by Crippen LogP contribution is -2.59. The first kappa shape index (κ1) is 24.3. The zero-order valence-electron chi connectivity index (χ0n) is 20.1. The molecule has 1 saturated heterocycles. The van der Waals surface area contributed by atoms with E-state index in [9.17, 15) is 8.42 Å². The van der Waals surface area contributed by atoms with Crippen molar-refractivity contribution in [3.8, 4) is 5.69 Å². The minimum absolute atomic E-state index is 0.0305. The van der Waals surface area contributed by atoms with E-state index in [0.717, 1.165) is 27.8 Å². The number of sulfonamides is 1. The molecule has 0 saturated carbocycles. The number of hydrogen-bond donors (Lipinski definition) is 1. The summed E-state index contributed by atoms with van der Waals surface area (Å²) in [5.74, 6) is 0. The second-order valence-corrected chi connectivity index (χ2v) is 11.6. The highest BCUT2D eigenvalue weighted by atomic mass is 35.5. The average Bonchev–Trinajstić information content (AvgIpc) is 3.26. The lowest BCUT2D eigenvalue weighted by Gasteiger charge is -2.39. The summed E-state index contributed by atoms with van der Waals surface area (Å²) in [7, 11) is -3.76. The van der Waals surface area contributed by atoms with Crippen LogP contribution in [-0.2, 0) is 21.2 Å². The molecular formula is C26H26ClN5O3S. The summed E-state index contributed by atoms with van der Waals surface area (Å²) in [6.45, 7) is 5.37. The molecule has 1 aliphatic rings. The SMILES string of the molecule is C[C@H](N=C1NS(=O)(=O)C(Cc2ccc(-n3nnc4ccccc43)cc2)C(C)(C)O1)c1ccccc1Cl. The van der Waals surface area contributed by atoms with E-state index >= 15 is 0 Å². The molecule has 0 aliphatic carbocycles. The number of rotatable bonds is 5. The highest BCUT2D eigenvalue weighted by Gasteiger charge is 2.47. The van der Waals surface area contributed by atoms with Crippen molar-refractivity contribution in [1.29, 1.82) is 0 Å². The molecule has 0 spiro atoms. The number of nitrogens with zero attached hydrogens (tertiary/aromatic N) is 4. The fourth-order valence-corrected chi connectivity index (χ4v) is 6.40. The standard InChI is InChI=1S/C26H26ClN5O3S/c1-17(20-8-4-5-9-21(20)27)28-25-30-36(33,34)24(26(2,3)35-25)16-18-12-14-19(15-13-18)32-23-11-7-6-10-22(23)29-31-32/h4-15,17,24H,16H2,1-3H3,(H,28,30)/t17-,24?/m0/s1. The average molecular weight is 524 g/mol. The summed E-state index contributed by atoms with van der Waals surface area (Å²) in [5.41, 5.74) is 3.19. The summed E-state index contributed by atoms with van der Waals surface area (Å²) < 4.78 is 36.9. The molecule has 0 bridgehead atoms. The van der Waals surface area contributed by atoms with E-state index in [-0.39, 0.29) is 18.5 Å². The number of benzene rings is 3. The smallest absolute Gasteiger partial charge is 0.299 e. The summed E-state index contributed by atoms with van der Waals surface area (Å²) in [4.78, 5) is 4.47. The molecule has 186 valence electrons. The molecule has 4 aromatic rings. The van der Waals surface area contributed by atoms with Crippen molar-refractivity contribution in [1.82, 2.24) is 19.7 Å². The van der Waals surface area contributed by atoms with Gasteiger partial charge in [-0.1, -0.05) is 59.3 Å². The molecule has 0 radical (unpaired) electrons. The van der Waals surface area contributed by atoms with E-state index in [1.54, 1.807) is 24.6 Å². The Kier molecular flexibility index (Phi) is 6.22. The Morgan fingerprint density at radius 1 is 1.08 bits per heavy atom. The number of para-hydroxylation sites is 1. The van der Waals surface area contributed by atoms with E-state index in [0.29, 0.717) is 5.02 Å². The van der Waals surface area contributed by atoms with Gasteiger partial charge >= 0.3 is 0 Å². The van der Waals surface area contributed by atoms with Crippen molar-refractivity contribution in [2.45, 2.75) is 44.1 Å². The maximum absolute atomic E-state index is 13.3. The number of hydrogen-bond acceptors (Lipinski definition) is 6. The normalized spacial score (nSPS) is 20.6. The van der Waals surface area contributed by atoms with Crippen LogP contribution < -0.4 is 4.72 Å². The first-order valence-electron chi connectivity index (χ1n) is 11.6. The van der Waals surface area contributed by atoms with E-state index in [4.69, 9.17) is 16.3 Å². The molecule has 1 fully saturated rings. The van der Waals surface area contributed by atoms with Gasteiger partial charge in [0.05, 0.1) is 17.2 Å². The summed E-state index contributed by atoms with van der Waals surface area (Å²) in [6.07, 6.45) is 0.272. The molecule has 3 aromatic carbocycles. The largest absolute Gasteiger partial charge is 0.457 e. The highest BCUT2D eigenvalue weighted by molar-refractivity contribution is 7.90. The second-order valence-electron chi connectivity index (χ2n) is 9.33. The van der Waals surface area contributed by atoms with Gasteiger partial charge in [0.1, 0.15) is 16.4 Å². The Morgan fingerprint density at radius 3 is 2.50 bits per heavy atom. The summed E-state index contributed by atoms with van der Waals surface area (Å²) in [5, 5.41) is 8.17. The molecule has 1 unspecified atom stereocenters. The van der Waals surface area contributed by atoms with Crippen molar-refractivity contribution < 1.29 is 13.2 Å². The van der Waals surface area contributed by atoms with Crippen LogP contribution in [0.25, 0.3) is 16.7 Å². The number of fused-ring (bicyclic) bond motifs is 1. The quantitative estimate of drug-likeness (QED) is 0.404. The Balaban J connectivity index is 1.36. The number of nitrogens with one attached hydrogen (secondary N) is 1. The molecule has 2 heterocycles. The van der Waals surface area contributed by atoms with Crippen molar-refractivity contribution >= 4 is 38.7 Å². The molecule has 1 N–H and O–H groups in total. The maximum Gasteiger partial charge on any atom is 0.299 e. The number of aliphatic imine (C=N–C) groups is 1. The minimum atomic E-state index is -3.76. The highest BCUT2D eigenvalue weighted by Crippen LogP contribution is 2.31. The molecule has 0 amide bonds. The Labute approximate surface area is 215 Å². The molecule has 36 heavy (non-hydrogen) atoms. The Morgan fingerprint density at radius 2 is 1.78 bits per heavy atom. The molecule has 2 atom stereocenters. The number of aromatic nitrogens is 3. The first-order valence-corrected chi connectivity index (χ1v) is 13.5. The third kappa shape index (κ3) is 4.68. The van der Waals surface area contributed by atoms with Crippen LogP contribution in [0.1, 0.15) is 37.9 Å². The van der Waals surface area contributed by atoms with Crippen molar-refractivity contribution in [2.24, 2.45) is 4.99 Å². The van der Waals surface area contributed by atoms with Crippen LogP contribution in [0.4, 0.5) is 0 Å². The van der Waals surface area contributed by atoms with E-state index in [1.165, 1.54) is 0 Å². The third-order valence-electron chi connectivity index (χ3n) is 6.36. The number of amidine groups is 1. The molecule has 10 heteroatoms. The third-order valence-corrected chi connectivity index (χ3v) is 8.65. The molecular weight excluding hydrogens is 498 g/mol. The molecule has 8 nitrogen and oxygen atoms in total. The fraction of sp³-hybridized carbons (Fsp3) is 0.269. The van der Waals surface area contributed by atoms with Crippen LogP contribution in [0.2, 0.25) is 5.02 Å². The second kappa shape index (κ2) is 9.22. The zero-order chi connectivity index (χ0) is 25.5. The van der Waals surface area contributed by atoms with Gasteiger partial charge in [0.15, 0.2) is 0 Å². The minimum Gasteiger partial charge on any atom is -0.457 e. The first-order chi connectivity index (χ1) is 17.1. The van der Waals surface area contributed by atoms with Gasteiger partial charge < -0.3 is 4.74 Å². The topological polar surface area (TPSA) is 98.5 Å². The lowest BCUT2D eigenvalue weighted by molar-refractivity contribution is 0.0762.